The number of carbonyl (C=O) groups excluding carboxylic acids is 2. The number of halogens is 3. The zero-order valence-corrected chi connectivity index (χ0v) is 19.6. The number of likely N-dealkylation sites (N-methyl/N-ethyl adjacent to an activating group) is 1. The zero-order chi connectivity index (χ0) is 25.5. The number of nitrogens with one attached hydrogen (secondary N) is 1. The highest BCUT2D eigenvalue weighted by Gasteiger charge is 2.39. The van der Waals surface area contributed by atoms with Gasteiger partial charge in [-0.1, -0.05) is 25.1 Å². The number of ether oxygens (including phenoxy) is 1. The van der Waals surface area contributed by atoms with Gasteiger partial charge in [-0.25, -0.2) is 0 Å². The quantitative estimate of drug-likeness (QED) is 0.608. The molecule has 0 saturated heterocycles. The summed E-state index contributed by atoms with van der Waals surface area (Å²) in [6, 6.07) is 10.3. The number of nitrogens with zero attached hydrogens (tertiary/aromatic N) is 2. The van der Waals surface area contributed by atoms with Gasteiger partial charge >= 0.3 is 6.18 Å². The van der Waals surface area contributed by atoms with Crippen molar-refractivity contribution < 1.29 is 28.9 Å². The van der Waals surface area contributed by atoms with Gasteiger partial charge in [-0.2, -0.15) is 13.2 Å². The maximum Gasteiger partial charge on any atom is 0.454 e. The number of amides is 1. The summed E-state index contributed by atoms with van der Waals surface area (Å²) in [5.74, 6) is -1.62. The van der Waals surface area contributed by atoms with Gasteiger partial charge in [0.1, 0.15) is 18.0 Å². The molecule has 0 spiro atoms. The van der Waals surface area contributed by atoms with Crippen molar-refractivity contribution in [3.8, 4) is 5.75 Å². The molecule has 0 saturated carbocycles. The summed E-state index contributed by atoms with van der Waals surface area (Å²) in [5.41, 5.74) is 3.06. The van der Waals surface area contributed by atoms with Crippen molar-refractivity contribution in [2.24, 2.45) is 4.99 Å². The van der Waals surface area contributed by atoms with E-state index in [4.69, 9.17) is 9.73 Å². The summed E-state index contributed by atoms with van der Waals surface area (Å²) < 4.78 is 43.9. The fraction of sp³-hybridized carbons (Fsp3) is 0.296. The minimum absolute atomic E-state index is 0. The Balaban J connectivity index is 0.00000320. The standard InChI is InChI=1S/C27H24F3N3O3.H2/c1-2-31-26-14-17(15-26)3-9-22(32-26)20-8-10-23-21(13-20)16-33(11-12-36-23)25(35)19-6-4-18(5-7-19)24(34)27(28,29)30;/h3-10,13-14,31H,2,11-12,15-16H2,1H3;1H. The van der Waals surface area contributed by atoms with Crippen molar-refractivity contribution >= 4 is 17.4 Å². The van der Waals surface area contributed by atoms with Gasteiger partial charge in [0, 0.05) is 36.6 Å². The minimum atomic E-state index is -4.96. The molecular formula is C27H26F3N3O3. The Labute approximate surface area is 207 Å². The van der Waals surface area contributed by atoms with E-state index in [9.17, 15) is 22.8 Å². The zero-order valence-electron chi connectivity index (χ0n) is 19.6. The first-order chi connectivity index (χ1) is 17.2. The Morgan fingerprint density at radius 1 is 1.14 bits per heavy atom. The average Bonchev–Trinajstić information content (AvgIpc) is 3.24. The number of hydrogen-bond donors (Lipinski definition) is 1. The van der Waals surface area contributed by atoms with Crippen molar-refractivity contribution in [1.29, 1.82) is 0 Å². The van der Waals surface area contributed by atoms with Crippen molar-refractivity contribution in [3.63, 3.8) is 0 Å². The topological polar surface area (TPSA) is 71.0 Å². The fourth-order valence-corrected chi connectivity index (χ4v) is 4.66. The molecule has 0 radical (unpaired) electrons. The summed E-state index contributed by atoms with van der Waals surface area (Å²) in [4.78, 5) is 31.1. The van der Waals surface area contributed by atoms with Crippen LogP contribution < -0.4 is 10.1 Å². The molecule has 2 bridgehead atoms. The first-order valence-electron chi connectivity index (χ1n) is 11.7. The van der Waals surface area contributed by atoms with Crippen LogP contribution in [0.3, 0.4) is 0 Å². The molecule has 0 fully saturated rings. The number of alkyl halides is 3. The van der Waals surface area contributed by atoms with Gasteiger partial charge in [-0.3, -0.25) is 19.9 Å². The number of fused-ring (bicyclic) bond motifs is 2. The highest BCUT2D eigenvalue weighted by atomic mass is 19.4. The molecule has 3 aliphatic heterocycles. The Morgan fingerprint density at radius 3 is 2.56 bits per heavy atom. The highest BCUT2D eigenvalue weighted by Crippen LogP contribution is 2.36. The molecule has 1 amide bonds. The number of benzene rings is 2. The van der Waals surface area contributed by atoms with E-state index >= 15 is 0 Å². The lowest BCUT2D eigenvalue weighted by Gasteiger charge is -2.35. The van der Waals surface area contributed by atoms with Gasteiger partial charge in [0.25, 0.3) is 11.7 Å². The molecule has 6 nitrogen and oxygen atoms in total. The van der Waals surface area contributed by atoms with Crippen molar-refractivity contribution in [2.45, 2.75) is 31.7 Å². The Bertz CT molecular complexity index is 1320. The Morgan fingerprint density at radius 2 is 1.86 bits per heavy atom. The smallest absolute Gasteiger partial charge is 0.454 e. The lowest BCUT2D eigenvalue weighted by Crippen LogP contribution is -2.47. The van der Waals surface area contributed by atoms with Crippen molar-refractivity contribution in [2.75, 3.05) is 19.7 Å². The number of ketones is 1. The monoisotopic (exact) mass is 497 g/mol. The largest absolute Gasteiger partial charge is 0.491 e. The molecule has 4 aliphatic rings. The fourth-order valence-electron chi connectivity index (χ4n) is 4.66. The molecule has 3 heterocycles. The van der Waals surface area contributed by atoms with Crippen LogP contribution in [0.4, 0.5) is 13.2 Å². The second kappa shape index (κ2) is 9.05. The van der Waals surface area contributed by atoms with Crippen LogP contribution >= 0.6 is 0 Å². The lowest BCUT2D eigenvalue weighted by molar-refractivity contribution is -0.0885. The molecule has 1 aliphatic carbocycles. The third-order valence-corrected chi connectivity index (χ3v) is 6.43. The van der Waals surface area contributed by atoms with E-state index in [0.717, 1.165) is 41.9 Å². The number of hydrogen-bond acceptors (Lipinski definition) is 5. The van der Waals surface area contributed by atoms with Gasteiger partial charge in [-0.15, -0.1) is 0 Å². The average molecular weight is 498 g/mol. The molecule has 36 heavy (non-hydrogen) atoms. The van der Waals surface area contributed by atoms with Crippen LogP contribution in [-0.4, -0.2) is 53.8 Å². The van der Waals surface area contributed by atoms with Crippen LogP contribution in [-0.2, 0) is 6.54 Å². The van der Waals surface area contributed by atoms with Gasteiger partial charge in [0.2, 0.25) is 0 Å². The number of Topliss-reactive ketones (excluding diaryl/α,β-unsaturated/α-hetero) is 1. The van der Waals surface area contributed by atoms with E-state index < -0.39 is 23.2 Å². The Kier molecular flexibility index (Phi) is 6.04. The van der Waals surface area contributed by atoms with Crippen LogP contribution in [0, 0.1) is 0 Å². The molecule has 2 aromatic carbocycles. The maximum absolute atomic E-state index is 13.1. The third kappa shape index (κ3) is 4.58. The number of rotatable bonds is 5. The van der Waals surface area contributed by atoms with E-state index in [1.807, 2.05) is 31.2 Å². The van der Waals surface area contributed by atoms with Gasteiger partial charge in [0.15, 0.2) is 0 Å². The van der Waals surface area contributed by atoms with Crippen molar-refractivity contribution in [1.82, 2.24) is 10.2 Å². The molecule has 1 atom stereocenters. The highest BCUT2D eigenvalue weighted by molar-refractivity contribution is 6.10. The second-order valence-corrected chi connectivity index (χ2v) is 8.98. The van der Waals surface area contributed by atoms with Crippen molar-refractivity contribution in [3.05, 3.63) is 88.5 Å². The predicted molar refractivity (Wildman–Crippen MR) is 130 cm³/mol. The number of carbonyl (C=O) groups is 2. The molecule has 9 heteroatoms. The summed E-state index contributed by atoms with van der Waals surface area (Å²) in [7, 11) is 0. The molecule has 2 aromatic rings. The first kappa shape index (κ1) is 24.0. The van der Waals surface area contributed by atoms with Gasteiger partial charge in [-0.05, 0) is 54.6 Å². The van der Waals surface area contributed by atoms with Gasteiger partial charge < -0.3 is 9.64 Å². The third-order valence-electron chi connectivity index (χ3n) is 6.43. The van der Waals surface area contributed by atoms with E-state index in [1.165, 1.54) is 17.7 Å². The normalized spacial score (nSPS) is 20.7. The summed E-state index contributed by atoms with van der Waals surface area (Å²) in [5, 5.41) is 3.43. The summed E-state index contributed by atoms with van der Waals surface area (Å²) >= 11 is 0. The predicted octanol–water partition coefficient (Wildman–Crippen LogP) is 4.71. The van der Waals surface area contributed by atoms with E-state index in [2.05, 4.69) is 17.5 Å². The summed E-state index contributed by atoms with van der Waals surface area (Å²) in [6.45, 7) is 3.69. The first-order valence-corrected chi connectivity index (χ1v) is 11.7. The van der Waals surface area contributed by atoms with Crippen LogP contribution in [0.15, 0.2) is 71.3 Å². The Hall–Kier alpha value is -3.72. The molecule has 0 aromatic heterocycles. The minimum Gasteiger partial charge on any atom is -0.491 e. The summed E-state index contributed by atoms with van der Waals surface area (Å²) in [6.07, 6.45) is 2.05. The van der Waals surface area contributed by atoms with Crippen LogP contribution in [0.5, 0.6) is 5.75 Å². The van der Waals surface area contributed by atoms with Crippen LogP contribution in [0.25, 0.3) is 0 Å². The molecule has 6 rings (SSSR count). The van der Waals surface area contributed by atoms with Crippen LogP contribution in [0.2, 0.25) is 0 Å². The lowest BCUT2D eigenvalue weighted by atomic mass is 9.87. The molecule has 1 N–H and O–H groups in total. The maximum atomic E-state index is 13.1. The molecule has 188 valence electrons. The second-order valence-electron chi connectivity index (χ2n) is 8.98. The number of aliphatic imine (C=N–C) groups is 1. The van der Waals surface area contributed by atoms with E-state index in [-0.39, 0.29) is 26.0 Å². The van der Waals surface area contributed by atoms with Gasteiger partial charge in [0.05, 0.1) is 12.3 Å². The van der Waals surface area contributed by atoms with E-state index in [1.54, 1.807) is 4.90 Å². The SMILES string of the molecule is CCNC12C=C(C=CC(c3ccc4c(c3)CN(C(=O)c3ccc(C(=O)C(F)(F)F)cc3)CCO4)=N1)C2.[HH]. The number of allylic oxidation sites excluding steroid dienone is 2. The molecule has 1 unspecified atom stereocenters. The molecular weight excluding hydrogens is 471 g/mol. The van der Waals surface area contributed by atoms with Crippen LogP contribution in [0.1, 0.15) is 46.6 Å². The van der Waals surface area contributed by atoms with E-state index in [0.29, 0.717) is 12.3 Å².